The van der Waals surface area contributed by atoms with Gasteiger partial charge < -0.3 is 0 Å². The molecule has 0 amide bonds. The maximum Gasteiger partial charge on any atom is 0.267 e. The zero-order valence-electron chi connectivity index (χ0n) is 7.38. The van der Waals surface area contributed by atoms with E-state index in [1.807, 2.05) is 6.07 Å². The molecule has 1 rings (SSSR count). The molecule has 0 N–H and O–H groups in total. The molecule has 0 fully saturated rings. The first-order chi connectivity index (χ1) is 6.51. The fraction of sp³-hybridized carbons (Fsp3) is 0.125. The van der Waals surface area contributed by atoms with Crippen LogP contribution in [0.25, 0.3) is 0 Å². The molecule has 0 radical (unpaired) electrons. The quantitative estimate of drug-likeness (QED) is 0.693. The van der Waals surface area contributed by atoms with Gasteiger partial charge in [0.25, 0.3) is 10.0 Å². The molecule has 0 heterocycles. The molecule has 5 nitrogen and oxygen atoms in total. The van der Waals surface area contributed by atoms with Crippen LogP contribution in [0.5, 0.6) is 0 Å². The second-order valence-electron chi connectivity index (χ2n) is 2.57. The monoisotopic (exact) mass is 209 g/mol. The van der Waals surface area contributed by atoms with E-state index in [2.05, 4.69) is 9.63 Å². The van der Waals surface area contributed by atoms with Crippen molar-refractivity contribution in [1.82, 2.24) is 0 Å². The van der Waals surface area contributed by atoms with Gasteiger partial charge in [0.15, 0.2) is 0 Å². The molecule has 1 aromatic carbocycles. The summed E-state index contributed by atoms with van der Waals surface area (Å²) in [5.74, 6) is 0. The zero-order valence-corrected chi connectivity index (χ0v) is 8.19. The number of hydrogen-bond acceptors (Lipinski definition) is 4. The molecular weight excluding hydrogens is 202 g/mol. The van der Waals surface area contributed by atoms with E-state index in [1.54, 1.807) is 0 Å². The zero-order chi connectivity index (χ0) is 10.6. The van der Waals surface area contributed by atoms with Crippen LogP contribution in [0.2, 0.25) is 0 Å². The molecule has 0 bridgehead atoms. The molecule has 0 aromatic heterocycles. The Morgan fingerprint density at radius 3 is 2.29 bits per heavy atom. The van der Waals surface area contributed by atoms with Gasteiger partial charge in [-0.3, -0.25) is 0 Å². The summed E-state index contributed by atoms with van der Waals surface area (Å²) in [6.45, 7) is 0. The van der Waals surface area contributed by atoms with Gasteiger partial charge in [-0.05, 0) is 24.3 Å². The van der Waals surface area contributed by atoms with E-state index in [4.69, 9.17) is 5.26 Å². The predicted molar refractivity (Wildman–Crippen MR) is 50.5 cm³/mol. The highest BCUT2D eigenvalue weighted by Crippen LogP contribution is 2.13. The summed E-state index contributed by atoms with van der Waals surface area (Å²) in [5, 5.41) is 12.0. The van der Waals surface area contributed by atoms with Crippen LogP contribution in [-0.4, -0.2) is 14.7 Å². The molecule has 0 aliphatic carbocycles. The summed E-state index contributed by atoms with van der Waals surface area (Å²) in [6, 6.07) is 8.05. The van der Waals surface area contributed by atoms with Gasteiger partial charge in [-0.2, -0.15) is 5.26 Å². The van der Waals surface area contributed by atoms with Crippen molar-refractivity contribution in [3.05, 3.63) is 29.8 Å². The van der Waals surface area contributed by atoms with Gasteiger partial charge >= 0.3 is 0 Å². The molecule has 0 aliphatic heterocycles. The molecule has 0 saturated carbocycles. The Hall–Kier alpha value is -1.74. The summed E-state index contributed by atoms with van der Waals surface area (Å²) in [7, 11) is -3.44. The Bertz CT molecular complexity index is 482. The van der Waals surface area contributed by atoms with E-state index < -0.39 is 10.0 Å². The average molecular weight is 209 g/mol. The maximum atomic E-state index is 10.6. The Morgan fingerprint density at radius 2 is 1.86 bits per heavy atom. The minimum atomic E-state index is -3.44. The van der Waals surface area contributed by atoms with Gasteiger partial charge in [-0.15, -0.1) is 5.11 Å². The normalized spacial score (nSPS) is 11.4. The summed E-state index contributed by atoms with van der Waals surface area (Å²) < 4.78 is 24.3. The van der Waals surface area contributed by atoms with E-state index in [0.717, 1.165) is 6.26 Å². The summed E-state index contributed by atoms with van der Waals surface area (Å²) >= 11 is 0. The maximum absolute atomic E-state index is 10.6. The Balaban J connectivity index is 2.91. The first-order valence-corrected chi connectivity index (χ1v) is 5.49. The number of sulfonamides is 1. The highest BCUT2D eigenvalue weighted by atomic mass is 32.2. The third kappa shape index (κ3) is 3.33. The van der Waals surface area contributed by atoms with Crippen molar-refractivity contribution in [2.75, 3.05) is 6.26 Å². The molecule has 0 atom stereocenters. The summed E-state index contributed by atoms with van der Waals surface area (Å²) in [6.07, 6.45) is 0.958. The second-order valence-corrected chi connectivity index (χ2v) is 4.20. The van der Waals surface area contributed by atoms with E-state index in [0.29, 0.717) is 11.3 Å². The highest BCUT2D eigenvalue weighted by molar-refractivity contribution is 7.89. The fourth-order valence-electron chi connectivity index (χ4n) is 0.724. The van der Waals surface area contributed by atoms with E-state index in [1.165, 1.54) is 24.3 Å². The molecule has 0 spiro atoms. The van der Waals surface area contributed by atoms with Crippen LogP contribution < -0.4 is 0 Å². The molecule has 72 valence electrons. The third-order valence-electron chi connectivity index (χ3n) is 1.30. The molecule has 0 aliphatic rings. The van der Waals surface area contributed by atoms with Gasteiger partial charge in [0, 0.05) is 0 Å². The van der Waals surface area contributed by atoms with Crippen molar-refractivity contribution in [1.29, 1.82) is 5.26 Å². The Kier molecular flexibility index (Phi) is 2.94. The SMILES string of the molecule is CS(=O)(=O)N=Nc1ccc(C#N)cc1. The topological polar surface area (TPSA) is 82.7 Å². The summed E-state index contributed by atoms with van der Waals surface area (Å²) in [5.41, 5.74) is 0.887. The summed E-state index contributed by atoms with van der Waals surface area (Å²) in [4.78, 5) is 0. The van der Waals surface area contributed by atoms with Crippen molar-refractivity contribution in [2.24, 2.45) is 9.63 Å². The number of benzene rings is 1. The number of rotatable bonds is 2. The smallest absolute Gasteiger partial charge is 0.203 e. The molecule has 0 unspecified atom stereocenters. The van der Waals surface area contributed by atoms with E-state index >= 15 is 0 Å². The fourth-order valence-corrected chi connectivity index (χ4v) is 0.967. The van der Waals surface area contributed by atoms with Crippen molar-refractivity contribution in [3.8, 4) is 6.07 Å². The highest BCUT2D eigenvalue weighted by Gasteiger charge is 1.96. The largest absolute Gasteiger partial charge is 0.267 e. The first-order valence-electron chi connectivity index (χ1n) is 3.64. The number of hydrogen-bond donors (Lipinski definition) is 0. The second kappa shape index (κ2) is 3.98. The van der Waals surface area contributed by atoms with Crippen molar-refractivity contribution in [3.63, 3.8) is 0 Å². The van der Waals surface area contributed by atoms with Gasteiger partial charge in [0.2, 0.25) is 0 Å². The minimum Gasteiger partial charge on any atom is -0.203 e. The average Bonchev–Trinajstić information content (AvgIpc) is 2.14. The molecule has 0 saturated heterocycles. The lowest BCUT2D eigenvalue weighted by atomic mass is 10.2. The number of nitrogens with zero attached hydrogens (tertiary/aromatic N) is 3. The lowest BCUT2D eigenvalue weighted by Crippen LogP contribution is -1.86. The van der Waals surface area contributed by atoms with Crippen LogP contribution in [0.4, 0.5) is 5.69 Å². The first kappa shape index (κ1) is 10.3. The Morgan fingerprint density at radius 1 is 1.29 bits per heavy atom. The third-order valence-corrected chi connectivity index (χ3v) is 1.68. The van der Waals surface area contributed by atoms with E-state index in [9.17, 15) is 8.42 Å². The number of nitriles is 1. The van der Waals surface area contributed by atoms with Gasteiger partial charge in [0.1, 0.15) is 0 Å². The van der Waals surface area contributed by atoms with Crippen molar-refractivity contribution < 1.29 is 8.42 Å². The van der Waals surface area contributed by atoms with Crippen molar-refractivity contribution in [2.45, 2.75) is 0 Å². The van der Waals surface area contributed by atoms with Crippen LogP contribution in [0, 0.1) is 11.3 Å². The molecule has 14 heavy (non-hydrogen) atoms. The van der Waals surface area contributed by atoms with Crippen LogP contribution in [-0.2, 0) is 10.0 Å². The van der Waals surface area contributed by atoms with Crippen LogP contribution in [0.3, 0.4) is 0 Å². The van der Waals surface area contributed by atoms with Crippen LogP contribution in [0.15, 0.2) is 33.9 Å². The predicted octanol–water partition coefficient (Wildman–Crippen LogP) is 1.60. The lowest BCUT2D eigenvalue weighted by Gasteiger charge is -1.90. The minimum absolute atomic E-state index is 0.398. The van der Waals surface area contributed by atoms with Gasteiger partial charge in [-0.25, -0.2) is 8.42 Å². The van der Waals surface area contributed by atoms with Crippen LogP contribution >= 0.6 is 0 Å². The molecule has 1 aromatic rings. The van der Waals surface area contributed by atoms with Gasteiger partial charge in [0.05, 0.1) is 23.6 Å². The molecular formula is C8H7N3O2S. The molecule has 6 heteroatoms. The van der Waals surface area contributed by atoms with Gasteiger partial charge in [-0.1, -0.05) is 4.52 Å². The lowest BCUT2D eigenvalue weighted by molar-refractivity contribution is 0.601. The van der Waals surface area contributed by atoms with E-state index in [-0.39, 0.29) is 0 Å². The standard InChI is InChI=1S/C8H7N3O2S/c1-14(12,13)11-10-8-4-2-7(6-9)3-5-8/h2-5H,1H3. The van der Waals surface area contributed by atoms with Crippen LogP contribution in [0.1, 0.15) is 5.56 Å². The van der Waals surface area contributed by atoms with Crippen molar-refractivity contribution >= 4 is 15.7 Å². The Labute approximate surface area is 81.8 Å².